The van der Waals surface area contributed by atoms with Gasteiger partial charge in [-0.3, -0.25) is 4.79 Å². The number of alkyl halides is 1. The Bertz CT molecular complexity index is 75.3. The van der Waals surface area contributed by atoms with Crippen molar-refractivity contribution in [1.82, 2.24) is 0 Å². The van der Waals surface area contributed by atoms with E-state index in [-0.39, 0.29) is 5.88 Å². The number of carboxylic acids is 1. The van der Waals surface area contributed by atoms with Crippen LogP contribution in [-0.2, 0) is 4.79 Å². The Balaban J connectivity index is 3.34. The molecule has 42 valence electrons. The highest BCUT2D eigenvalue weighted by molar-refractivity contribution is 7.81. The van der Waals surface area contributed by atoms with Gasteiger partial charge in [-0.05, 0) is 0 Å². The van der Waals surface area contributed by atoms with Gasteiger partial charge in [0.15, 0.2) is 0 Å². The zero-order valence-corrected chi connectivity index (χ0v) is 5.12. The van der Waals surface area contributed by atoms with Gasteiger partial charge in [-0.15, -0.1) is 11.6 Å². The van der Waals surface area contributed by atoms with Crippen LogP contribution >= 0.6 is 24.2 Å². The summed E-state index contributed by atoms with van der Waals surface area (Å²) in [4.78, 5) is 9.77. The number of hydrogen-bond acceptors (Lipinski definition) is 2. The van der Waals surface area contributed by atoms with Crippen LogP contribution in [0, 0.1) is 0 Å². The van der Waals surface area contributed by atoms with Gasteiger partial charge in [-0.25, -0.2) is 0 Å². The summed E-state index contributed by atoms with van der Waals surface area (Å²) in [6.45, 7) is 0. The SMILES string of the molecule is O=C(O)C(S)CCl. The van der Waals surface area contributed by atoms with Crippen LogP contribution in [0.1, 0.15) is 0 Å². The summed E-state index contributed by atoms with van der Waals surface area (Å²) in [7, 11) is 0. The van der Waals surface area contributed by atoms with Gasteiger partial charge in [0.05, 0.1) is 0 Å². The summed E-state index contributed by atoms with van der Waals surface area (Å²) < 4.78 is 0. The largest absolute Gasteiger partial charge is 0.480 e. The molecule has 0 saturated carbocycles. The summed E-state index contributed by atoms with van der Waals surface area (Å²) in [5, 5.41) is 7.30. The maximum atomic E-state index is 9.77. The fourth-order valence-corrected chi connectivity index (χ4v) is 0.198. The molecule has 1 atom stereocenters. The third-order valence-corrected chi connectivity index (χ3v) is 1.36. The Kier molecular flexibility index (Phi) is 3.21. The first-order chi connectivity index (χ1) is 3.18. The monoisotopic (exact) mass is 140 g/mol. The van der Waals surface area contributed by atoms with E-state index in [1.807, 2.05) is 0 Å². The molecule has 0 aromatic carbocycles. The van der Waals surface area contributed by atoms with Gasteiger partial charge in [0, 0.05) is 5.88 Å². The summed E-state index contributed by atoms with van der Waals surface area (Å²) in [5.41, 5.74) is 0. The van der Waals surface area contributed by atoms with Gasteiger partial charge in [0.1, 0.15) is 5.25 Å². The van der Waals surface area contributed by atoms with E-state index in [0.29, 0.717) is 0 Å². The molecule has 0 aromatic heterocycles. The van der Waals surface area contributed by atoms with Crippen LogP contribution in [0.4, 0.5) is 0 Å². The zero-order valence-electron chi connectivity index (χ0n) is 3.47. The van der Waals surface area contributed by atoms with Gasteiger partial charge in [-0.2, -0.15) is 12.6 Å². The van der Waals surface area contributed by atoms with Gasteiger partial charge < -0.3 is 5.11 Å². The van der Waals surface area contributed by atoms with Crippen LogP contribution in [0.15, 0.2) is 0 Å². The number of hydrogen-bond donors (Lipinski definition) is 2. The molecule has 0 spiro atoms. The van der Waals surface area contributed by atoms with Crippen molar-refractivity contribution in [3.8, 4) is 0 Å². The van der Waals surface area contributed by atoms with Gasteiger partial charge >= 0.3 is 5.97 Å². The lowest BCUT2D eigenvalue weighted by molar-refractivity contribution is -0.135. The normalized spacial score (nSPS) is 13.4. The van der Waals surface area contributed by atoms with Gasteiger partial charge in [0.2, 0.25) is 0 Å². The lowest BCUT2D eigenvalue weighted by atomic mass is 10.5. The molecule has 0 aliphatic rings. The molecule has 0 saturated heterocycles. The molecule has 1 unspecified atom stereocenters. The second-order valence-electron chi connectivity index (χ2n) is 1.01. The second kappa shape index (κ2) is 3.16. The first-order valence-corrected chi connectivity index (χ1v) is 2.70. The van der Waals surface area contributed by atoms with Crippen molar-refractivity contribution >= 4 is 30.2 Å². The third kappa shape index (κ3) is 2.76. The van der Waals surface area contributed by atoms with Crippen molar-refractivity contribution in [2.75, 3.05) is 5.88 Å². The highest BCUT2D eigenvalue weighted by Gasteiger charge is 2.07. The van der Waals surface area contributed by atoms with Crippen LogP contribution < -0.4 is 0 Å². The molecule has 0 radical (unpaired) electrons. The number of carboxylic acid groups (broad SMARTS) is 1. The fourth-order valence-electron chi connectivity index (χ4n) is 0.0660. The third-order valence-electron chi connectivity index (χ3n) is 0.431. The molecule has 0 heterocycles. The standard InChI is InChI=1S/C3H5ClO2S/c4-1-2(7)3(5)6/h2,7H,1H2,(H,5,6). The smallest absolute Gasteiger partial charge is 0.317 e. The lowest BCUT2D eigenvalue weighted by Crippen LogP contribution is -2.14. The van der Waals surface area contributed by atoms with Crippen LogP contribution in [0.5, 0.6) is 0 Å². The summed E-state index contributed by atoms with van der Waals surface area (Å²) in [6, 6.07) is 0. The Labute approximate surface area is 51.9 Å². The Morgan fingerprint density at radius 3 is 2.43 bits per heavy atom. The molecule has 0 amide bonds. The number of aliphatic carboxylic acids is 1. The van der Waals surface area contributed by atoms with Crippen molar-refractivity contribution in [3.63, 3.8) is 0 Å². The molecule has 0 aromatic rings. The average Bonchev–Trinajstić information content (AvgIpc) is 1.65. The van der Waals surface area contributed by atoms with E-state index in [1.165, 1.54) is 0 Å². The Morgan fingerprint density at radius 1 is 2.00 bits per heavy atom. The van der Waals surface area contributed by atoms with Crippen molar-refractivity contribution < 1.29 is 9.90 Å². The minimum Gasteiger partial charge on any atom is -0.480 e. The number of rotatable bonds is 2. The number of carbonyl (C=O) groups is 1. The number of halogens is 1. The minimum atomic E-state index is -0.974. The molecular weight excluding hydrogens is 136 g/mol. The topological polar surface area (TPSA) is 37.3 Å². The molecule has 0 aliphatic heterocycles. The van der Waals surface area contributed by atoms with E-state index in [1.54, 1.807) is 0 Å². The van der Waals surface area contributed by atoms with Crippen molar-refractivity contribution in [2.45, 2.75) is 5.25 Å². The van der Waals surface area contributed by atoms with E-state index in [2.05, 4.69) is 12.6 Å². The Morgan fingerprint density at radius 2 is 2.43 bits per heavy atom. The lowest BCUT2D eigenvalue weighted by Gasteiger charge is -1.94. The van der Waals surface area contributed by atoms with Crippen molar-refractivity contribution in [1.29, 1.82) is 0 Å². The van der Waals surface area contributed by atoms with E-state index in [4.69, 9.17) is 16.7 Å². The highest BCUT2D eigenvalue weighted by atomic mass is 35.5. The minimum absolute atomic E-state index is 0.0540. The van der Waals surface area contributed by atoms with Gasteiger partial charge in [0.25, 0.3) is 0 Å². The Hall–Kier alpha value is 0.110. The molecule has 0 fully saturated rings. The summed E-state index contributed by atoms with van der Waals surface area (Å²) >= 11 is 8.68. The van der Waals surface area contributed by atoms with Crippen LogP contribution in [0.3, 0.4) is 0 Å². The van der Waals surface area contributed by atoms with E-state index >= 15 is 0 Å². The van der Waals surface area contributed by atoms with E-state index in [9.17, 15) is 4.79 Å². The fraction of sp³-hybridized carbons (Fsp3) is 0.667. The maximum Gasteiger partial charge on any atom is 0.317 e. The molecule has 4 heteroatoms. The first kappa shape index (κ1) is 7.11. The molecular formula is C3H5ClO2S. The molecule has 0 rings (SSSR count). The van der Waals surface area contributed by atoms with Crippen molar-refractivity contribution in [3.05, 3.63) is 0 Å². The molecule has 2 nitrogen and oxygen atoms in total. The van der Waals surface area contributed by atoms with Crippen molar-refractivity contribution in [2.24, 2.45) is 0 Å². The molecule has 1 N–H and O–H groups in total. The summed E-state index contributed by atoms with van der Waals surface area (Å²) in [5.74, 6) is -0.920. The highest BCUT2D eigenvalue weighted by Crippen LogP contribution is 1.95. The van der Waals surface area contributed by atoms with Gasteiger partial charge in [-0.1, -0.05) is 0 Å². The van der Waals surface area contributed by atoms with E-state index in [0.717, 1.165) is 0 Å². The maximum absolute atomic E-state index is 9.77. The molecule has 7 heavy (non-hydrogen) atoms. The van der Waals surface area contributed by atoms with Crippen LogP contribution in [-0.4, -0.2) is 22.2 Å². The summed E-state index contributed by atoms with van der Waals surface area (Å²) in [6.07, 6.45) is 0. The molecule has 0 aliphatic carbocycles. The average molecular weight is 141 g/mol. The first-order valence-electron chi connectivity index (χ1n) is 1.65. The number of thiol groups is 1. The molecule has 0 bridgehead atoms. The predicted octanol–water partition coefficient (Wildman–Crippen LogP) is 0.608. The predicted molar refractivity (Wildman–Crippen MR) is 31.1 cm³/mol. The zero-order chi connectivity index (χ0) is 5.86. The van der Waals surface area contributed by atoms with Crippen LogP contribution in [0.2, 0.25) is 0 Å². The second-order valence-corrected chi connectivity index (χ2v) is 1.94. The van der Waals surface area contributed by atoms with Crippen LogP contribution in [0.25, 0.3) is 0 Å². The quantitative estimate of drug-likeness (QED) is 0.436. The van der Waals surface area contributed by atoms with E-state index < -0.39 is 11.2 Å².